The number of carbonyl (C=O) groups excluding carboxylic acids is 1. The fourth-order valence-electron chi connectivity index (χ4n) is 1.95. The summed E-state index contributed by atoms with van der Waals surface area (Å²) in [7, 11) is 1.55. The van der Waals surface area contributed by atoms with E-state index in [9.17, 15) is 9.18 Å². The average Bonchev–Trinajstić information content (AvgIpc) is 2.65. The highest BCUT2D eigenvalue weighted by Gasteiger charge is 2.34. The maximum atomic E-state index is 13.3. The van der Waals surface area contributed by atoms with Crippen molar-refractivity contribution in [1.82, 2.24) is 4.90 Å². The van der Waals surface area contributed by atoms with E-state index in [1.54, 1.807) is 19.2 Å². The summed E-state index contributed by atoms with van der Waals surface area (Å²) in [5, 5.41) is 0. The number of urea groups is 1. The van der Waals surface area contributed by atoms with Crippen molar-refractivity contribution in [3.05, 3.63) is 34.1 Å². The molecule has 1 aliphatic heterocycles. The number of hydrogen-bond donors (Lipinski definition) is 1. The third-order valence-electron chi connectivity index (χ3n) is 2.86. The second kappa shape index (κ2) is 5.66. The molecule has 0 spiro atoms. The van der Waals surface area contributed by atoms with Gasteiger partial charge in [0.25, 0.3) is 0 Å². The summed E-state index contributed by atoms with van der Waals surface area (Å²) >= 11 is 3.12. The average molecular weight is 330 g/mol. The second-order valence-electron chi connectivity index (χ2n) is 4.08. The predicted octanol–water partition coefficient (Wildman–Crippen LogP) is 2.07. The lowest BCUT2D eigenvalue weighted by atomic mass is 10.1. The van der Waals surface area contributed by atoms with Gasteiger partial charge in [0.2, 0.25) is 0 Å². The van der Waals surface area contributed by atoms with Crippen LogP contribution >= 0.6 is 15.9 Å². The number of nitrogens with zero attached hydrogens (tertiary/aromatic N) is 2. The molecule has 2 N–H and O–H groups in total. The molecule has 1 atom stereocenters. The monoisotopic (exact) mass is 329 g/mol. The van der Waals surface area contributed by atoms with E-state index in [0.29, 0.717) is 23.2 Å². The Bertz CT molecular complexity index is 536. The van der Waals surface area contributed by atoms with Crippen LogP contribution in [0.2, 0.25) is 0 Å². The van der Waals surface area contributed by atoms with Gasteiger partial charge in [0, 0.05) is 13.7 Å². The minimum absolute atomic E-state index is 0.208. The molecule has 102 valence electrons. The van der Waals surface area contributed by atoms with Crippen molar-refractivity contribution in [2.45, 2.75) is 6.04 Å². The largest absolute Gasteiger partial charge is 0.385 e. The van der Waals surface area contributed by atoms with E-state index < -0.39 is 12.1 Å². The first-order chi connectivity index (χ1) is 9.04. The van der Waals surface area contributed by atoms with Gasteiger partial charge < -0.3 is 15.4 Å². The third-order valence-corrected chi connectivity index (χ3v) is 3.47. The highest BCUT2D eigenvalue weighted by atomic mass is 79.9. The number of halogens is 2. The van der Waals surface area contributed by atoms with Gasteiger partial charge in [0.15, 0.2) is 0 Å². The van der Waals surface area contributed by atoms with Gasteiger partial charge >= 0.3 is 6.03 Å². The zero-order valence-corrected chi connectivity index (χ0v) is 11.9. The van der Waals surface area contributed by atoms with Crippen molar-refractivity contribution < 1.29 is 13.9 Å². The molecule has 19 heavy (non-hydrogen) atoms. The molecule has 0 saturated carbocycles. The van der Waals surface area contributed by atoms with Crippen molar-refractivity contribution in [1.29, 1.82) is 0 Å². The maximum Gasteiger partial charge on any atom is 0.346 e. The van der Waals surface area contributed by atoms with Gasteiger partial charge in [0.05, 0.1) is 11.1 Å². The van der Waals surface area contributed by atoms with Crippen LogP contribution in [0.4, 0.5) is 9.18 Å². The van der Waals surface area contributed by atoms with Crippen LogP contribution in [0.3, 0.4) is 0 Å². The van der Waals surface area contributed by atoms with Crippen LogP contribution in [0.15, 0.2) is 27.7 Å². The van der Waals surface area contributed by atoms with Crippen molar-refractivity contribution in [3.8, 4) is 0 Å². The topological polar surface area (TPSA) is 67.9 Å². The van der Waals surface area contributed by atoms with Crippen LogP contribution < -0.4 is 5.73 Å². The molecule has 2 rings (SSSR count). The van der Waals surface area contributed by atoms with Crippen molar-refractivity contribution in [2.24, 2.45) is 10.7 Å². The molecule has 7 heteroatoms. The van der Waals surface area contributed by atoms with Gasteiger partial charge in [-0.3, -0.25) is 0 Å². The number of nitrogens with two attached hydrogens (primary N) is 1. The Morgan fingerprint density at radius 2 is 2.32 bits per heavy atom. The highest BCUT2D eigenvalue weighted by molar-refractivity contribution is 9.10. The molecule has 0 aromatic heterocycles. The number of ether oxygens (including phenoxy) is 1. The summed E-state index contributed by atoms with van der Waals surface area (Å²) in [4.78, 5) is 17.0. The minimum Gasteiger partial charge on any atom is -0.385 e. The lowest BCUT2D eigenvalue weighted by Gasteiger charge is -2.24. The number of amidine groups is 1. The molecule has 1 aromatic carbocycles. The Hall–Kier alpha value is -1.47. The summed E-state index contributed by atoms with van der Waals surface area (Å²) in [6.45, 7) is 0.757. The molecular weight excluding hydrogens is 317 g/mol. The van der Waals surface area contributed by atoms with E-state index >= 15 is 0 Å². The molecule has 2 amide bonds. The summed E-state index contributed by atoms with van der Waals surface area (Å²) in [6.07, 6.45) is 0. The Balaban J connectivity index is 2.31. The van der Waals surface area contributed by atoms with Crippen LogP contribution in [0, 0.1) is 5.82 Å². The maximum absolute atomic E-state index is 13.3. The molecule has 0 radical (unpaired) electrons. The molecule has 1 aliphatic rings. The summed E-state index contributed by atoms with van der Waals surface area (Å²) in [5.41, 5.74) is 6.49. The van der Waals surface area contributed by atoms with Crippen molar-refractivity contribution >= 4 is 27.8 Å². The van der Waals surface area contributed by atoms with Crippen LogP contribution in [0.25, 0.3) is 0 Å². The molecule has 0 aliphatic carbocycles. The van der Waals surface area contributed by atoms with Gasteiger partial charge in [-0.2, -0.15) is 4.99 Å². The molecule has 0 bridgehead atoms. The van der Waals surface area contributed by atoms with Crippen molar-refractivity contribution in [2.75, 3.05) is 20.3 Å². The minimum atomic E-state index is -0.473. The first-order valence-electron chi connectivity index (χ1n) is 5.63. The van der Waals surface area contributed by atoms with E-state index in [2.05, 4.69) is 20.9 Å². The van der Waals surface area contributed by atoms with Crippen molar-refractivity contribution in [3.63, 3.8) is 0 Å². The zero-order chi connectivity index (χ0) is 14.0. The first kappa shape index (κ1) is 14.0. The lowest BCUT2D eigenvalue weighted by molar-refractivity contribution is 0.150. The molecule has 5 nitrogen and oxygen atoms in total. The highest BCUT2D eigenvalue weighted by Crippen LogP contribution is 2.29. The Kier molecular flexibility index (Phi) is 4.16. The SMILES string of the molecule is COCCN1C(=O)N=C(N)C1c1ccc(F)c(Br)c1. The van der Waals surface area contributed by atoms with Crippen LogP contribution in [-0.4, -0.2) is 37.0 Å². The lowest BCUT2D eigenvalue weighted by Crippen LogP contribution is -2.35. The normalized spacial score (nSPS) is 18.9. The number of amides is 2. The molecule has 1 unspecified atom stereocenters. The Labute approximate surface area is 118 Å². The number of methoxy groups -OCH3 is 1. The van der Waals surface area contributed by atoms with Gasteiger partial charge in [-0.15, -0.1) is 0 Å². The van der Waals surface area contributed by atoms with E-state index in [-0.39, 0.29) is 11.7 Å². The zero-order valence-electron chi connectivity index (χ0n) is 10.3. The number of rotatable bonds is 4. The van der Waals surface area contributed by atoms with Gasteiger partial charge in [-0.05, 0) is 33.6 Å². The Morgan fingerprint density at radius 3 is 2.95 bits per heavy atom. The smallest absolute Gasteiger partial charge is 0.346 e. The molecule has 0 fully saturated rings. The standard InChI is InChI=1S/C12H13BrFN3O2/c1-19-5-4-17-10(11(15)16-12(17)18)7-2-3-9(14)8(13)6-7/h2-3,6,10H,4-5H2,1H3,(H2,15,16,18). The fourth-order valence-corrected chi connectivity index (χ4v) is 2.35. The van der Waals surface area contributed by atoms with Gasteiger partial charge in [-0.1, -0.05) is 6.07 Å². The van der Waals surface area contributed by atoms with E-state index in [0.717, 1.165) is 0 Å². The summed E-state index contributed by atoms with van der Waals surface area (Å²) in [6, 6.07) is 3.63. The quantitative estimate of drug-likeness (QED) is 0.919. The summed E-state index contributed by atoms with van der Waals surface area (Å²) < 4.78 is 18.5. The van der Waals surface area contributed by atoms with Gasteiger partial charge in [-0.25, -0.2) is 9.18 Å². The van der Waals surface area contributed by atoms with E-state index in [4.69, 9.17) is 10.5 Å². The predicted molar refractivity (Wildman–Crippen MR) is 72.4 cm³/mol. The summed E-state index contributed by atoms with van der Waals surface area (Å²) in [5.74, 6) is -0.161. The molecule has 0 saturated heterocycles. The van der Waals surface area contributed by atoms with Crippen LogP contribution in [-0.2, 0) is 4.74 Å². The fraction of sp³-hybridized carbons (Fsp3) is 0.333. The number of hydrogen-bond acceptors (Lipinski definition) is 3. The Morgan fingerprint density at radius 1 is 1.58 bits per heavy atom. The third kappa shape index (κ3) is 2.76. The first-order valence-corrected chi connectivity index (χ1v) is 6.42. The number of carbonyl (C=O) groups is 1. The number of benzene rings is 1. The van der Waals surface area contributed by atoms with E-state index in [1.807, 2.05) is 0 Å². The van der Waals surface area contributed by atoms with Crippen LogP contribution in [0.5, 0.6) is 0 Å². The van der Waals surface area contributed by atoms with Gasteiger partial charge in [0.1, 0.15) is 17.7 Å². The molecule has 1 aromatic rings. The van der Waals surface area contributed by atoms with E-state index in [1.165, 1.54) is 11.0 Å². The number of aliphatic imine (C=N–C) groups is 1. The second-order valence-corrected chi connectivity index (χ2v) is 4.94. The molecular formula is C12H13BrFN3O2. The van der Waals surface area contributed by atoms with Crippen LogP contribution in [0.1, 0.15) is 11.6 Å². The molecule has 1 heterocycles.